The van der Waals surface area contributed by atoms with Crippen LogP contribution in [-0.4, -0.2) is 38.4 Å². The lowest BCUT2D eigenvalue weighted by atomic mass is 9.43. The van der Waals surface area contributed by atoms with Crippen molar-refractivity contribution in [3.8, 4) is 5.75 Å². The molecule has 1 saturated heterocycles. The van der Waals surface area contributed by atoms with E-state index in [2.05, 4.69) is 36.9 Å². The average molecular weight is 593 g/mol. The third kappa shape index (κ3) is 4.56. The van der Waals surface area contributed by atoms with Crippen LogP contribution in [0, 0.1) is 17.3 Å². The summed E-state index contributed by atoms with van der Waals surface area (Å²) in [5, 5.41) is 13.5. The number of carbonyl (C=O) groups excluding carboxylic acids is 1. The van der Waals surface area contributed by atoms with E-state index in [1.165, 1.54) is 29.7 Å². The predicted molar refractivity (Wildman–Crippen MR) is 161 cm³/mol. The van der Waals surface area contributed by atoms with Gasteiger partial charge in [-0.3, -0.25) is 0 Å². The Morgan fingerprint density at radius 3 is 2.43 bits per heavy atom. The van der Waals surface area contributed by atoms with Gasteiger partial charge in [-0.1, -0.05) is 32.4 Å². The van der Waals surface area contributed by atoms with Crippen LogP contribution < -0.4 is 10.0 Å². The molecule has 0 aromatic heterocycles. The fourth-order valence-corrected chi connectivity index (χ4v) is 9.67. The number of benzene rings is 2. The molecule has 2 amide bonds. The number of hydrogen-bond donors (Lipinski definition) is 3. The topological polar surface area (TPSA) is 114 Å². The van der Waals surface area contributed by atoms with Gasteiger partial charge in [-0.15, -0.1) is 0 Å². The molecule has 2 aromatic rings. The second-order valence-corrected chi connectivity index (χ2v) is 15.6. The Labute approximate surface area is 249 Å². The Balaban J connectivity index is 0.961. The quantitative estimate of drug-likeness (QED) is 0.364. The van der Waals surface area contributed by atoms with Crippen molar-refractivity contribution in [1.29, 1.82) is 0 Å². The fourth-order valence-electron chi connectivity index (χ4n) is 8.74. The van der Waals surface area contributed by atoms with Crippen LogP contribution in [-0.2, 0) is 51.4 Å². The number of aromatic hydroxyl groups is 1. The van der Waals surface area contributed by atoms with E-state index < -0.39 is 16.1 Å². The fraction of sp³-hybridized carbons (Fsp3) is 0.594. The van der Waals surface area contributed by atoms with Gasteiger partial charge in [-0.05, 0) is 122 Å². The Morgan fingerprint density at radius 1 is 1.05 bits per heavy atom. The summed E-state index contributed by atoms with van der Waals surface area (Å²) < 4.78 is 41.1. The maximum Gasteiger partial charge on any atom is 0.457 e. The zero-order valence-corrected chi connectivity index (χ0v) is 25.6. The van der Waals surface area contributed by atoms with E-state index in [1.807, 2.05) is 0 Å². The molecule has 10 heteroatoms. The standard InChI is InChI=1S/C32H41BN2O6S/c1-31(2)22-16-27(31)32(3)28(17-22)40-33(41-32)14-6-9-19-12-13-23(18-26(19)36)42(38,39)35-30(37)34-29-24-10-4-7-20(24)15-21-8-5-11-25(21)29/h12-13,15,18,22,27-28,36H,4-11,14,16-17H2,1-3H3,(H2,34,35,37)/t22-,27-,28+,32-/m0/s1. The van der Waals surface area contributed by atoms with Crippen molar-refractivity contribution in [2.24, 2.45) is 17.3 Å². The van der Waals surface area contributed by atoms with Crippen molar-refractivity contribution in [3.05, 3.63) is 52.1 Å². The molecule has 2 aromatic carbocycles. The van der Waals surface area contributed by atoms with Gasteiger partial charge < -0.3 is 19.7 Å². The molecule has 8 rings (SSSR count). The summed E-state index contributed by atoms with van der Waals surface area (Å²) >= 11 is 0. The van der Waals surface area contributed by atoms with Gasteiger partial charge in [0.1, 0.15) is 5.75 Å². The summed E-state index contributed by atoms with van der Waals surface area (Å²) in [4.78, 5) is 12.8. The van der Waals surface area contributed by atoms with E-state index in [1.54, 1.807) is 6.07 Å². The molecule has 224 valence electrons. The second-order valence-electron chi connectivity index (χ2n) is 13.9. The van der Waals surface area contributed by atoms with Crippen LogP contribution in [0.3, 0.4) is 0 Å². The molecule has 3 N–H and O–H groups in total. The number of aryl methyl sites for hydroxylation is 3. The Kier molecular flexibility index (Phi) is 6.72. The number of phenolic OH excluding ortho intramolecular Hbond substituents is 1. The van der Waals surface area contributed by atoms with Gasteiger partial charge in [-0.2, -0.15) is 0 Å². The van der Waals surface area contributed by atoms with Crippen molar-refractivity contribution in [2.45, 2.75) is 108 Å². The summed E-state index contributed by atoms with van der Waals surface area (Å²) in [6.07, 6.45) is 10.2. The number of fused-ring (bicyclic) bond motifs is 2. The zero-order chi connectivity index (χ0) is 29.4. The van der Waals surface area contributed by atoms with Crippen LogP contribution in [0.4, 0.5) is 10.5 Å². The van der Waals surface area contributed by atoms with Crippen LogP contribution in [0.1, 0.15) is 80.7 Å². The Bertz CT molecular complexity index is 1530. The smallest absolute Gasteiger partial charge is 0.457 e. The van der Waals surface area contributed by atoms with Crippen molar-refractivity contribution < 1.29 is 27.6 Å². The van der Waals surface area contributed by atoms with Gasteiger partial charge in [-0.25, -0.2) is 17.9 Å². The van der Waals surface area contributed by atoms with Crippen molar-refractivity contribution in [1.82, 2.24) is 4.72 Å². The summed E-state index contributed by atoms with van der Waals surface area (Å²) in [7, 11) is -4.43. The molecule has 5 aliphatic carbocycles. The molecule has 0 radical (unpaired) electrons. The van der Waals surface area contributed by atoms with E-state index in [4.69, 9.17) is 9.31 Å². The predicted octanol–water partition coefficient (Wildman–Crippen LogP) is 5.54. The molecule has 0 spiro atoms. The maximum absolute atomic E-state index is 13.1. The van der Waals surface area contributed by atoms with Crippen LogP contribution in [0.25, 0.3) is 0 Å². The Hall–Kier alpha value is -2.56. The van der Waals surface area contributed by atoms with Gasteiger partial charge >= 0.3 is 13.1 Å². The number of hydrogen-bond acceptors (Lipinski definition) is 6. The molecule has 4 atom stereocenters. The highest BCUT2D eigenvalue weighted by atomic mass is 32.2. The van der Waals surface area contributed by atoms with E-state index in [-0.39, 0.29) is 29.5 Å². The maximum atomic E-state index is 13.1. The average Bonchev–Trinajstić information content (AvgIpc) is 3.66. The molecule has 6 aliphatic rings. The normalized spacial score (nSPS) is 28.5. The number of phenols is 1. The van der Waals surface area contributed by atoms with Gasteiger partial charge in [0.05, 0.1) is 16.6 Å². The largest absolute Gasteiger partial charge is 0.508 e. The van der Waals surface area contributed by atoms with Crippen LogP contribution in [0.5, 0.6) is 5.75 Å². The molecule has 1 aliphatic heterocycles. The first-order valence-corrected chi connectivity index (χ1v) is 17.1. The molecule has 42 heavy (non-hydrogen) atoms. The minimum Gasteiger partial charge on any atom is -0.508 e. The summed E-state index contributed by atoms with van der Waals surface area (Å²) in [5.74, 6) is 1.12. The summed E-state index contributed by atoms with van der Waals surface area (Å²) in [5.41, 5.74) is 6.28. The molecule has 0 unspecified atom stereocenters. The third-order valence-electron chi connectivity index (χ3n) is 11.2. The molecular weight excluding hydrogens is 551 g/mol. The lowest BCUT2D eigenvalue weighted by Gasteiger charge is -2.64. The first-order valence-electron chi connectivity index (χ1n) is 15.6. The zero-order valence-electron chi connectivity index (χ0n) is 24.8. The van der Waals surface area contributed by atoms with Crippen LogP contribution in [0.2, 0.25) is 6.32 Å². The van der Waals surface area contributed by atoms with Gasteiger partial charge in [0.2, 0.25) is 0 Å². The Morgan fingerprint density at radius 2 is 1.76 bits per heavy atom. The highest BCUT2D eigenvalue weighted by Gasteiger charge is 2.67. The van der Waals surface area contributed by atoms with Crippen LogP contribution in [0.15, 0.2) is 29.2 Å². The lowest BCUT2D eigenvalue weighted by molar-refractivity contribution is -0.199. The van der Waals surface area contributed by atoms with E-state index >= 15 is 0 Å². The number of anilines is 1. The SMILES string of the molecule is CC1(C)[C@@H]2C[C@H]3OB(CCCc4ccc(S(=O)(=O)NC(=O)Nc5c6c(cc7c5CCC7)CCC6)cc4O)O[C@@]3(C)[C@H]1C2. The molecular formula is C32H41BN2O6S. The minimum absolute atomic E-state index is 0.103. The minimum atomic E-state index is -4.17. The van der Waals surface area contributed by atoms with E-state index in [0.717, 1.165) is 68.2 Å². The highest BCUT2D eigenvalue weighted by Crippen LogP contribution is 2.65. The highest BCUT2D eigenvalue weighted by molar-refractivity contribution is 7.90. The monoisotopic (exact) mass is 592 g/mol. The second kappa shape index (κ2) is 9.99. The summed E-state index contributed by atoms with van der Waals surface area (Å²) in [6.45, 7) is 6.90. The first kappa shape index (κ1) is 28.2. The first-order chi connectivity index (χ1) is 20.0. The van der Waals surface area contributed by atoms with Crippen molar-refractivity contribution in [3.63, 3.8) is 0 Å². The number of rotatable bonds is 7. The number of carbonyl (C=O) groups is 1. The molecule has 3 saturated carbocycles. The van der Waals surface area contributed by atoms with Crippen LogP contribution >= 0.6 is 0 Å². The van der Waals surface area contributed by atoms with Gasteiger partial charge in [0.25, 0.3) is 10.0 Å². The lowest BCUT2D eigenvalue weighted by Crippen LogP contribution is -2.65. The number of urea groups is 1. The van der Waals surface area contributed by atoms with Crippen molar-refractivity contribution in [2.75, 3.05) is 5.32 Å². The number of sulfonamides is 1. The summed E-state index contributed by atoms with van der Waals surface area (Å²) in [6, 6.07) is 5.76. The third-order valence-corrected chi connectivity index (χ3v) is 12.5. The molecule has 2 bridgehead atoms. The molecule has 4 fully saturated rings. The number of amides is 2. The molecule has 1 heterocycles. The molecule has 8 nitrogen and oxygen atoms in total. The number of nitrogens with one attached hydrogen (secondary N) is 2. The van der Waals surface area contributed by atoms with E-state index in [0.29, 0.717) is 35.6 Å². The van der Waals surface area contributed by atoms with Crippen molar-refractivity contribution >= 4 is 28.9 Å². The van der Waals surface area contributed by atoms with E-state index in [9.17, 15) is 18.3 Å². The van der Waals surface area contributed by atoms with Gasteiger partial charge in [0.15, 0.2) is 0 Å². The van der Waals surface area contributed by atoms with Gasteiger partial charge in [0, 0.05) is 11.8 Å².